The molecule has 1 heterocycles. The summed E-state index contributed by atoms with van der Waals surface area (Å²) in [6, 6.07) is 10.9. The van der Waals surface area contributed by atoms with Crippen LogP contribution in [0, 0.1) is 23.5 Å². The maximum Gasteiger partial charge on any atom is 0.226 e. The summed E-state index contributed by atoms with van der Waals surface area (Å²) in [7, 11) is -3.25. The second kappa shape index (κ2) is 8.07. The lowest BCUT2D eigenvalue weighted by Gasteiger charge is -2.17. The number of likely N-dealkylation sites (tertiary alicyclic amines) is 1. The van der Waals surface area contributed by atoms with Crippen LogP contribution in [0.2, 0.25) is 0 Å². The second-order valence-corrected chi connectivity index (χ2v) is 10.0. The van der Waals surface area contributed by atoms with Gasteiger partial charge in [0.25, 0.3) is 0 Å². The molecule has 0 aromatic heterocycles. The van der Waals surface area contributed by atoms with E-state index in [-0.39, 0.29) is 29.2 Å². The largest absolute Gasteiger partial charge is 0.342 e. The number of sulfonamides is 1. The number of halogens is 2. The first-order chi connectivity index (χ1) is 14.2. The Morgan fingerprint density at radius 3 is 2.53 bits per heavy atom. The van der Waals surface area contributed by atoms with Crippen LogP contribution in [0.15, 0.2) is 42.5 Å². The first-order valence-corrected chi connectivity index (χ1v) is 11.9. The monoisotopic (exact) mass is 434 g/mol. The van der Waals surface area contributed by atoms with Crippen LogP contribution in [0.3, 0.4) is 0 Å². The molecule has 1 saturated heterocycles. The van der Waals surface area contributed by atoms with Gasteiger partial charge in [0.2, 0.25) is 15.9 Å². The maximum absolute atomic E-state index is 14.3. The molecule has 1 aliphatic carbocycles. The van der Waals surface area contributed by atoms with Crippen molar-refractivity contribution in [2.75, 3.05) is 25.9 Å². The van der Waals surface area contributed by atoms with Crippen molar-refractivity contribution in [2.45, 2.75) is 18.8 Å². The van der Waals surface area contributed by atoms with Crippen molar-refractivity contribution in [3.05, 3.63) is 59.7 Å². The van der Waals surface area contributed by atoms with Gasteiger partial charge in [-0.15, -0.1) is 0 Å². The van der Waals surface area contributed by atoms with E-state index in [0.717, 1.165) is 18.2 Å². The number of rotatable bonds is 6. The number of benzene rings is 2. The second-order valence-electron chi connectivity index (χ2n) is 8.19. The number of carbonyl (C=O) groups is 1. The highest BCUT2D eigenvalue weighted by Gasteiger charge is 2.47. The molecule has 1 N–H and O–H groups in total. The van der Waals surface area contributed by atoms with Gasteiger partial charge in [-0.3, -0.25) is 4.79 Å². The molecule has 5 nitrogen and oxygen atoms in total. The van der Waals surface area contributed by atoms with Gasteiger partial charge in [-0.2, -0.15) is 0 Å². The number of hydrogen-bond donors (Lipinski definition) is 1. The van der Waals surface area contributed by atoms with Crippen molar-refractivity contribution in [2.24, 2.45) is 11.8 Å². The maximum atomic E-state index is 14.3. The van der Waals surface area contributed by atoms with Crippen LogP contribution in [0.4, 0.5) is 8.78 Å². The average Bonchev–Trinajstić information content (AvgIpc) is 3.34. The summed E-state index contributed by atoms with van der Waals surface area (Å²) in [4.78, 5) is 14.7. The summed E-state index contributed by atoms with van der Waals surface area (Å²) >= 11 is 0. The van der Waals surface area contributed by atoms with Crippen LogP contribution in [0.25, 0.3) is 11.1 Å². The Morgan fingerprint density at radius 2 is 1.83 bits per heavy atom. The molecule has 1 saturated carbocycles. The van der Waals surface area contributed by atoms with Crippen LogP contribution in [0.5, 0.6) is 0 Å². The molecular weight excluding hydrogens is 410 g/mol. The van der Waals surface area contributed by atoms with Crippen molar-refractivity contribution >= 4 is 15.9 Å². The fourth-order valence-electron chi connectivity index (χ4n) is 4.32. The summed E-state index contributed by atoms with van der Waals surface area (Å²) in [6.45, 7) is 1.45. The first-order valence-electron chi connectivity index (χ1n) is 10.0. The smallest absolute Gasteiger partial charge is 0.226 e. The summed E-state index contributed by atoms with van der Waals surface area (Å²) in [5.74, 6) is -1.38. The fraction of sp³-hybridized carbons (Fsp3) is 0.409. The molecule has 4 rings (SSSR count). The van der Waals surface area contributed by atoms with Crippen molar-refractivity contribution in [1.82, 2.24) is 9.62 Å². The molecule has 0 bridgehead atoms. The summed E-state index contributed by atoms with van der Waals surface area (Å²) in [6.07, 6.45) is 2.52. The molecule has 3 atom stereocenters. The summed E-state index contributed by atoms with van der Waals surface area (Å²) < 4.78 is 53.7. The van der Waals surface area contributed by atoms with Crippen molar-refractivity contribution < 1.29 is 22.0 Å². The molecule has 2 aromatic rings. The number of nitrogens with zero attached hydrogens (tertiary/aromatic N) is 1. The van der Waals surface area contributed by atoms with E-state index in [1.165, 1.54) is 18.2 Å². The van der Waals surface area contributed by atoms with Crippen LogP contribution < -0.4 is 4.72 Å². The Bertz CT molecular complexity index is 1050. The SMILES string of the molecule is CS(=O)(=O)NC[C@@H]1CCN(C(=O)[C@@H]2C[C@H]2c2ccccc2-c2c(F)cccc2F)C1. The molecule has 0 spiro atoms. The highest BCUT2D eigenvalue weighted by atomic mass is 32.2. The molecule has 30 heavy (non-hydrogen) atoms. The van der Waals surface area contributed by atoms with E-state index in [0.29, 0.717) is 31.6 Å². The normalized spacial score (nSPS) is 23.6. The zero-order valence-electron chi connectivity index (χ0n) is 16.6. The minimum atomic E-state index is -3.25. The third-order valence-corrected chi connectivity index (χ3v) is 6.62. The van der Waals surface area contributed by atoms with Gasteiger partial charge in [-0.05, 0) is 47.9 Å². The van der Waals surface area contributed by atoms with Gasteiger partial charge >= 0.3 is 0 Å². The lowest BCUT2D eigenvalue weighted by molar-refractivity contribution is -0.131. The van der Waals surface area contributed by atoms with Crippen LogP contribution in [0.1, 0.15) is 24.3 Å². The van der Waals surface area contributed by atoms with Gasteiger partial charge in [0.05, 0.1) is 11.8 Å². The lowest BCUT2D eigenvalue weighted by atomic mass is 9.95. The predicted molar refractivity (Wildman–Crippen MR) is 110 cm³/mol. The Hall–Kier alpha value is -2.32. The average molecular weight is 435 g/mol. The zero-order chi connectivity index (χ0) is 21.5. The minimum absolute atomic E-state index is 0.0330. The third kappa shape index (κ3) is 4.39. The molecule has 8 heteroatoms. The topological polar surface area (TPSA) is 66.5 Å². The predicted octanol–water partition coefficient (Wildman–Crippen LogP) is 3.13. The number of carbonyl (C=O) groups excluding carboxylic acids is 1. The Kier molecular flexibility index (Phi) is 5.63. The van der Waals surface area contributed by atoms with Crippen molar-refractivity contribution in [1.29, 1.82) is 0 Å². The number of nitrogens with one attached hydrogen (secondary N) is 1. The van der Waals surface area contributed by atoms with Crippen LogP contribution >= 0.6 is 0 Å². The molecule has 1 aliphatic heterocycles. The molecule has 0 unspecified atom stereocenters. The summed E-state index contributed by atoms with van der Waals surface area (Å²) in [5.41, 5.74) is 1.22. The van der Waals surface area contributed by atoms with Crippen LogP contribution in [-0.4, -0.2) is 45.1 Å². The number of hydrogen-bond acceptors (Lipinski definition) is 3. The van der Waals surface area contributed by atoms with Gasteiger partial charge in [-0.1, -0.05) is 30.3 Å². The molecule has 2 aliphatic rings. The third-order valence-electron chi connectivity index (χ3n) is 5.93. The number of amides is 1. The minimum Gasteiger partial charge on any atom is -0.342 e. The van der Waals surface area contributed by atoms with Gasteiger partial charge in [-0.25, -0.2) is 21.9 Å². The first kappa shape index (κ1) is 20.9. The van der Waals surface area contributed by atoms with Crippen molar-refractivity contribution in [3.63, 3.8) is 0 Å². The molecule has 0 radical (unpaired) electrons. The zero-order valence-corrected chi connectivity index (χ0v) is 17.5. The standard InChI is InChI=1S/C22H24F2N2O3S/c1-30(28,29)25-12-14-9-10-26(13-14)22(27)18-11-17(18)15-5-2-3-6-16(15)21-19(23)7-4-8-20(21)24/h2-8,14,17-18,25H,9-13H2,1H3/t14-,17-,18+/m0/s1. The molecular formula is C22H24F2N2O3S. The Morgan fingerprint density at radius 1 is 1.13 bits per heavy atom. The van der Waals surface area contributed by atoms with E-state index in [1.54, 1.807) is 17.0 Å². The van der Waals surface area contributed by atoms with Crippen LogP contribution in [-0.2, 0) is 14.8 Å². The van der Waals surface area contributed by atoms with E-state index in [1.807, 2.05) is 12.1 Å². The lowest BCUT2D eigenvalue weighted by Crippen LogP contribution is -2.33. The van der Waals surface area contributed by atoms with E-state index in [9.17, 15) is 22.0 Å². The van der Waals surface area contributed by atoms with Crippen molar-refractivity contribution in [3.8, 4) is 11.1 Å². The summed E-state index contributed by atoms with van der Waals surface area (Å²) in [5, 5.41) is 0. The van der Waals surface area contributed by atoms with E-state index >= 15 is 0 Å². The van der Waals surface area contributed by atoms with Gasteiger partial charge < -0.3 is 4.90 Å². The molecule has 1 amide bonds. The van der Waals surface area contributed by atoms with Gasteiger partial charge in [0.1, 0.15) is 11.6 Å². The highest BCUT2D eigenvalue weighted by Crippen LogP contribution is 2.51. The molecule has 2 aromatic carbocycles. The van der Waals surface area contributed by atoms with Gasteiger partial charge in [0.15, 0.2) is 0 Å². The fourth-order valence-corrected chi connectivity index (χ4v) is 4.86. The highest BCUT2D eigenvalue weighted by molar-refractivity contribution is 7.88. The molecule has 160 valence electrons. The van der Waals surface area contributed by atoms with Gasteiger partial charge in [0, 0.05) is 25.6 Å². The Labute approximate surface area is 175 Å². The molecule has 2 fully saturated rings. The van der Waals surface area contributed by atoms with E-state index in [4.69, 9.17) is 0 Å². The van der Waals surface area contributed by atoms with E-state index < -0.39 is 21.7 Å². The quantitative estimate of drug-likeness (QED) is 0.760. The Balaban J connectivity index is 1.46. The van der Waals surface area contributed by atoms with E-state index in [2.05, 4.69) is 4.72 Å².